The standard InChI is InChI=1S/C12H14N4O/c13-8-9-3-5-14-11(7-9)15-6-4-12(17)16-10-1-2-10/h3,5,7,10H,1-2,4,6H2,(H,14,15)(H,16,17). The van der Waals surface area contributed by atoms with Gasteiger partial charge in [0.15, 0.2) is 0 Å². The summed E-state index contributed by atoms with van der Waals surface area (Å²) in [5, 5.41) is 14.6. The lowest BCUT2D eigenvalue weighted by molar-refractivity contribution is -0.120. The average Bonchev–Trinajstić information content (AvgIpc) is 3.13. The van der Waals surface area contributed by atoms with Crippen LogP contribution in [0.5, 0.6) is 0 Å². The smallest absolute Gasteiger partial charge is 0.221 e. The molecule has 0 aliphatic heterocycles. The Balaban J connectivity index is 1.73. The highest BCUT2D eigenvalue weighted by Crippen LogP contribution is 2.18. The van der Waals surface area contributed by atoms with E-state index in [0.717, 1.165) is 12.8 Å². The molecule has 1 amide bonds. The molecule has 1 aromatic rings. The van der Waals surface area contributed by atoms with E-state index in [0.29, 0.717) is 30.4 Å². The molecule has 1 aromatic heterocycles. The van der Waals surface area contributed by atoms with Crippen LogP contribution >= 0.6 is 0 Å². The van der Waals surface area contributed by atoms with Crippen molar-refractivity contribution in [1.29, 1.82) is 5.26 Å². The summed E-state index contributed by atoms with van der Waals surface area (Å²) < 4.78 is 0. The van der Waals surface area contributed by atoms with Crippen molar-refractivity contribution in [3.63, 3.8) is 0 Å². The molecule has 1 aliphatic carbocycles. The Bertz CT molecular complexity index is 448. The van der Waals surface area contributed by atoms with Crippen LogP contribution in [0.25, 0.3) is 0 Å². The molecule has 5 heteroatoms. The zero-order valence-corrected chi connectivity index (χ0v) is 9.44. The Morgan fingerprint density at radius 1 is 1.59 bits per heavy atom. The number of aromatic nitrogens is 1. The molecule has 0 unspecified atom stereocenters. The first-order valence-electron chi connectivity index (χ1n) is 5.67. The highest BCUT2D eigenvalue weighted by molar-refractivity contribution is 5.77. The van der Waals surface area contributed by atoms with E-state index in [1.165, 1.54) is 0 Å². The lowest BCUT2D eigenvalue weighted by Gasteiger charge is -2.05. The molecule has 0 radical (unpaired) electrons. The topological polar surface area (TPSA) is 77.8 Å². The molecule has 1 saturated carbocycles. The van der Waals surface area contributed by atoms with Crippen LogP contribution < -0.4 is 10.6 Å². The van der Waals surface area contributed by atoms with E-state index in [9.17, 15) is 4.79 Å². The number of hydrogen-bond donors (Lipinski definition) is 2. The van der Waals surface area contributed by atoms with Crippen molar-refractivity contribution in [2.45, 2.75) is 25.3 Å². The van der Waals surface area contributed by atoms with E-state index in [1.54, 1.807) is 18.3 Å². The second-order valence-corrected chi connectivity index (χ2v) is 4.06. The molecule has 0 bridgehead atoms. The summed E-state index contributed by atoms with van der Waals surface area (Å²) in [5.41, 5.74) is 0.560. The van der Waals surface area contributed by atoms with Gasteiger partial charge in [0.1, 0.15) is 5.82 Å². The first-order valence-corrected chi connectivity index (χ1v) is 5.67. The van der Waals surface area contributed by atoms with Crippen LogP contribution in [-0.4, -0.2) is 23.5 Å². The fraction of sp³-hybridized carbons (Fsp3) is 0.417. The van der Waals surface area contributed by atoms with Gasteiger partial charge in [-0.05, 0) is 25.0 Å². The van der Waals surface area contributed by atoms with Crippen LogP contribution in [0.2, 0.25) is 0 Å². The molecular formula is C12H14N4O. The fourth-order valence-corrected chi connectivity index (χ4v) is 1.43. The molecular weight excluding hydrogens is 216 g/mol. The zero-order chi connectivity index (χ0) is 12.1. The number of pyridine rings is 1. The number of rotatable bonds is 5. The van der Waals surface area contributed by atoms with Crippen LogP contribution in [-0.2, 0) is 4.79 Å². The molecule has 1 aliphatic rings. The Morgan fingerprint density at radius 3 is 3.12 bits per heavy atom. The van der Waals surface area contributed by atoms with Gasteiger partial charge in [-0.1, -0.05) is 0 Å². The molecule has 0 atom stereocenters. The molecule has 2 rings (SSSR count). The quantitative estimate of drug-likeness (QED) is 0.792. The van der Waals surface area contributed by atoms with E-state index in [-0.39, 0.29) is 5.91 Å². The van der Waals surface area contributed by atoms with Crippen molar-refractivity contribution in [1.82, 2.24) is 10.3 Å². The zero-order valence-electron chi connectivity index (χ0n) is 9.44. The third kappa shape index (κ3) is 3.76. The normalized spacial score (nSPS) is 13.8. The second kappa shape index (κ2) is 5.30. The van der Waals surface area contributed by atoms with E-state index < -0.39 is 0 Å². The minimum atomic E-state index is 0.0661. The summed E-state index contributed by atoms with van der Waals surface area (Å²) in [6.07, 6.45) is 4.20. The first kappa shape index (κ1) is 11.4. The van der Waals surface area contributed by atoms with E-state index in [1.807, 2.05) is 6.07 Å². The van der Waals surface area contributed by atoms with Gasteiger partial charge in [-0.15, -0.1) is 0 Å². The fourth-order valence-electron chi connectivity index (χ4n) is 1.43. The van der Waals surface area contributed by atoms with Crippen molar-refractivity contribution in [2.24, 2.45) is 0 Å². The number of carbonyl (C=O) groups excluding carboxylic acids is 1. The number of nitriles is 1. The van der Waals surface area contributed by atoms with E-state index in [4.69, 9.17) is 5.26 Å². The number of carbonyl (C=O) groups is 1. The summed E-state index contributed by atoms with van der Waals surface area (Å²) in [6.45, 7) is 0.528. The molecule has 2 N–H and O–H groups in total. The van der Waals surface area contributed by atoms with E-state index >= 15 is 0 Å². The third-order valence-electron chi connectivity index (χ3n) is 2.49. The minimum Gasteiger partial charge on any atom is -0.370 e. The summed E-state index contributed by atoms with van der Waals surface area (Å²) in [5.74, 6) is 0.694. The molecule has 5 nitrogen and oxygen atoms in total. The van der Waals surface area contributed by atoms with Crippen molar-refractivity contribution < 1.29 is 4.79 Å². The van der Waals surface area contributed by atoms with Crippen LogP contribution in [0, 0.1) is 11.3 Å². The van der Waals surface area contributed by atoms with Gasteiger partial charge < -0.3 is 10.6 Å². The Hall–Kier alpha value is -2.09. The monoisotopic (exact) mass is 230 g/mol. The van der Waals surface area contributed by atoms with Gasteiger partial charge >= 0.3 is 0 Å². The number of nitrogens with one attached hydrogen (secondary N) is 2. The van der Waals surface area contributed by atoms with Crippen molar-refractivity contribution in [3.8, 4) is 6.07 Å². The largest absolute Gasteiger partial charge is 0.370 e. The van der Waals surface area contributed by atoms with Crippen LogP contribution in [0.4, 0.5) is 5.82 Å². The number of amides is 1. The minimum absolute atomic E-state index is 0.0661. The number of anilines is 1. The Morgan fingerprint density at radius 2 is 2.41 bits per heavy atom. The second-order valence-electron chi connectivity index (χ2n) is 4.06. The van der Waals surface area contributed by atoms with Crippen LogP contribution in [0.15, 0.2) is 18.3 Å². The van der Waals surface area contributed by atoms with Crippen LogP contribution in [0.3, 0.4) is 0 Å². The highest BCUT2D eigenvalue weighted by Gasteiger charge is 2.22. The van der Waals surface area contributed by atoms with Gasteiger partial charge in [0.25, 0.3) is 0 Å². The maximum absolute atomic E-state index is 11.4. The highest BCUT2D eigenvalue weighted by atomic mass is 16.1. The van der Waals surface area contributed by atoms with E-state index in [2.05, 4.69) is 15.6 Å². The average molecular weight is 230 g/mol. The third-order valence-corrected chi connectivity index (χ3v) is 2.49. The maximum atomic E-state index is 11.4. The Kier molecular flexibility index (Phi) is 3.55. The van der Waals surface area contributed by atoms with Gasteiger partial charge in [0.05, 0.1) is 11.6 Å². The van der Waals surface area contributed by atoms with Gasteiger partial charge in [-0.2, -0.15) is 5.26 Å². The SMILES string of the molecule is N#Cc1ccnc(NCCC(=O)NC2CC2)c1. The van der Waals surface area contributed by atoms with Crippen molar-refractivity contribution in [2.75, 3.05) is 11.9 Å². The summed E-state index contributed by atoms with van der Waals surface area (Å²) >= 11 is 0. The van der Waals surface area contributed by atoms with Crippen molar-refractivity contribution in [3.05, 3.63) is 23.9 Å². The van der Waals surface area contributed by atoms with Crippen molar-refractivity contribution >= 4 is 11.7 Å². The molecule has 0 spiro atoms. The molecule has 0 saturated heterocycles. The van der Waals surface area contributed by atoms with Crippen LogP contribution in [0.1, 0.15) is 24.8 Å². The molecule has 0 aromatic carbocycles. The predicted molar refractivity (Wildman–Crippen MR) is 63.2 cm³/mol. The summed E-state index contributed by atoms with van der Waals surface area (Å²) in [7, 11) is 0. The van der Waals surface area contributed by atoms with Gasteiger partial charge in [0, 0.05) is 25.2 Å². The Labute approximate surface area is 99.9 Å². The molecule has 1 fully saturated rings. The van der Waals surface area contributed by atoms with Gasteiger partial charge in [0.2, 0.25) is 5.91 Å². The number of hydrogen-bond acceptors (Lipinski definition) is 4. The molecule has 17 heavy (non-hydrogen) atoms. The summed E-state index contributed by atoms with van der Waals surface area (Å²) in [6, 6.07) is 5.76. The van der Waals surface area contributed by atoms with Gasteiger partial charge in [-0.3, -0.25) is 4.79 Å². The maximum Gasteiger partial charge on any atom is 0.221 e. The molecule has 1 heterocycles. The first-order chi connectivity index (χ1) is 8.28. The number of nitrogens with zero attached hydrogens (tertiary/aromatic N) is 2. The lowest BCUT2D eigenvalue weighted by atomic mass is 10.3. The predicted octanol–water partition coefficient (Wildman–Crippen LogP) is 1.03. The summed E-state index contributed by atoms with van der Waals surface area (Å²) in [4.78, 5) is 15.4. The molecule has 88 valence electrons. The van der Waals surface area contributed by atoms with Gasteiger partial charge in [-0.25, -0.2) is 4.98 Å². The lowest BCUT2D eigenvalue weighted by Crippen LogP contribution is -2.27.